The van der Waals surface area contributed by atoms with Gasteiger partial charge in [0.25, 0.3) is 0 Å². The molecule has 0 amide bonds. The number of rotatable bonds is 6. The fourth-order valence-corrected chi connectivity index (χ4v) is 1.25. The predicted molar refractivity (Wildman–Crippen MR) is 62.6 cm³/mol. The van der Waals surface area contributed by atoms with E-state index in [1.54, 1.807) is 14.2 Å². The number of nitrogen functional groups attached to an aromatic ring is 1. The van der Waals surface area contributed by atoms with Crippen molar-refractivity contribution < 1.29 is 9.47 Å². The van der Waals surface area contributed by atoms with Gasteiger partial charge in [0.05, 0.1) is 12.7 Å². The SMILES string of the molecule is COCC(CNc1ncnc(Cl)c1N)OC. The third kappa shape index (κ3) is 3.48. The first-order chi connectivity index (χ1) is 7.69. The van der Waals surface area contributed by atoms with Gasteiger partial charge in [-0.2, -0.15) is 0 Å². The molecule has 1 heterocycles. The maximum Gasteiger partial charge on any atom is 0.157 e. The molecule has 16 heavy (non-hydrogen) atoms. The standard InChI is InChI=1S/C9H15ClN4O2/c1-15-4-6(16-2)3-12-9-7(11)8(10)13-5-14-9/h5-6H,3-4,11H2,1-2H3,(H,12,13,14). The van der Waals surface area contributed by atoms with Crippen molar-refractivity contribution in [1.29, 1.82) is 0 Å². The van der Waals surface area contributed by atoms with Gasteiger partial charge in [0.2, 0.25) is 0 Å². The van der Waals surface area contributed by atoms with E-state index in [4.69, 9.17) is 26.8 Å². The maximum absolute atomic E-state index is 5.75. The maximum atomic E-state index is 5.75. The largest absolute Gasteiger partial charge is 0.393 e. The van der Waals surface area contributed by atoms with Crippen LogP contribution in [0.4, 0.5) is 11.5 Å². The molecule has 0 aromatic carbocycles. The van der Waals surface area contributed by atoms with Crippen LogP contribution >= 0.6 is 11.6 Å². The molecule has 3 N–H and O–H groups in total. The molecule has 90 valence electrons. The van der Waals surface area contributed by atoms with E-state index in [1.165, 1.54) is 6.33 Å². The number of aromatic nitrogens is 2. The first kappa shape index (κ1) is 13.0. The highest BCUT2D eigenvalue weighted by Crippen LogP contribution is 2.21. The minimum absolute atomic E-state index is 0.0712. The molecule has 1 aromatic rings. The molecule has 1 unspecified atom stereocenters. The summed E-state index contributed by atoms with van der Waals surface area (Å²) in [4.78, 5) is 7.73. The lowest BCUT2D eigenvalue weighted by Gasteiger charge is -2.16. The fourth-order valence-electron chi connectivity index (χ4n) is 1.12. The number of ether oxygens (including phenoxy) is 2. The lowest BCUT2D eigenvalue weighted by atomic mass is 10.3. The molecule has 0 saturated heterocycles. The monoisotopic (exact) mass is 246 g/mol. The number of nitrogens with two attached hydrogens (primary N) is 1. The summed E-state index contributed by atoms with van der Waals surface area (Å²) in [5, 5.41) is 3.26. The Morgan fingerprint density at radius 1 is 1.50 bits per heavy atom. The number of halogens is 1. The Morgan fingerprint density at radius 2 is 2.25 bits per heavy atom. The van der Waals surface area contributed by atoms with Crippen molar-refractivity contribution in [1.82, 2.24) is 9.97 Å². The molecule has 1 rings (SSSR count). The smallest absolute Gasteiger partial charge is 0.157 e. The first-order valence-corrected chi connectivity index (χ1v) is 5.08. The van der Waals surface area contributed by atoms with E-state index in [0.29, 0.717) is 24.7 Å². The van der Waals surface area contributed by atoms with Gasteiger partial charge >= 0.3 is 0 Å². The summed E-state index contributed by atoms with van der Waals surface area (Å²) in [6.07, 6.45) is 1.28. The molecule has 0 saturated carbocycles. The van der Waals surface area contributed by atoms with E-state index in [-0.39, 0.29) is 11.3 Å². The summed E-state index contributed by atoms with van der Waals surface area (Å²) >= 11 is 5.75. The number of anilines is 2. The van der Waals surface area contributed by atoms with Crippen LogP contribution in [0.3, 0.4) is 0 Å². The molecule has 1 aromatic heterocycles. The van der Waals surface area contributed by atoms with Gasteiger partial charge in [0, 0.05) is 20.8 Å². The Kier molecular flexibility index (Phi) is 5.24. The lowest BCUT2D eigenvalue weighted by Crippen LogP contribution is -2.27. The summed E-state index contributed by atoms with van der Waals surface area (Å²) in [6, 6.07) is 0. The van der Waals surface area contributed by atoms with Crippen LogP contribution in [0.15, 0.2) is 6.33 Å². The van der Waals surface area contributed by atoms with Gasteiger partial charge in [-0.05, 0) is 0 Å². The van der Waals surface area contributed by atoms with Crippen molar-refractivity contribution in [3.05, 3.63) is 11.5 Å². The Balaban J connectivity index is 2.56. The van der Waals surface area contributed by atoms with Gasteiger partial charge in [-0.1, -0.05) is 11.6 Å². The summed E-state index contributed by atoms with van der Waals surface area (Å²) in [5.41, 5.74) is 6.02. The second kappa shape index (κ2) is 6.47. The molecular formula is C9H15ClN4O2. The van der Waals surface area contributed by atoms with Crippen LogP contribution in [-0.4, -0.2) is 43.4 Å². The lowest BCUT2D eigenvalue weighted by molar-refractivity contribution is 0.0365. The van der Waals surface area contributed by atoms with Gasteiger partial charge in [-0.3, -0.25) is 0 Å². The van der Waals surface area contributed by atoms with Crippen LogP contribution in [0.1, 0.15) is 0 Å². The number of hydrogen-bond acceptors (Lipinski definition) is 6. The van der Waals surface area contributed by atoms with Crippen LogP contribution in [0.2, 0.25) is 5.15 Å². The second-order valence-corrected chi connectivity index (χ2v) is 3.48. The Morgan fingerprint density at radius 3 is 2.88 bits per heavy atom. The van der Waals surface area contributed by atoms with Crippen LogP contribution in [0.5, 0.6) is 0 Å². The molecule has 0 aliphatic rings. The van der Waals surface area contributed by atoms with Gasteiger partial charge in [-0.15, -0.1) is 0 Å². The summed E-state index contributed by atoms with van der Waals surface area (Å²) in [6.45, 7) is 1.02. The molecule has 0 aliphatic carbocycles. The highest BCUT2D eigenvalue weighted by molar-refractivity contribution is 6.32. The van der Waals surface area contributed by atoms with Gasteiger partial charge < -0.3 is 20.5 Å². The minimum Gasteiger partial charge on any atom is -0.393 e. The van der Waals surface area contributed by atoms with Gasteiger partial charge in [0.15, 0.2) is 11.0 Å². The van der Waals surface area contributed by atoms with E-state index in [1.807, 2.05) is 0 Å². The third-order valence-corrected chi connectivity index (χ3v) is 2.32. The highest BCUT2D eigenvalue weighted by atomic mass is 35.5. The average molecular weight is 247 g/mol. The molecular weight excluding hydrogens is 232 g/mol. The molecule has 7 heteroatoms. The van der Waals surface area contributed by atoms with Gasteiger partial charge in [0.1, 0.15) is 12.0 Å². The zero-order chi connectivity index (χ0) is 12.0. The van der Waals surface area contributed by atoms with Crippen molar-refractivity contribution in [2.45, 2.75) is 6.10 Å². The quantitative estimate of drug-likeness (QED) is 0.722. The zero-order valence-corrected chi connectivity index (χ0v) is 9.99. The predicted octanol–water partition coefficient (Wildman–Crippen LogP) is 0.785. The van der Waals surface area contributed by atoms with Gasteiger partial charge in [-0.25, -0.2) is 9.97 Å². The van der Waals surface area contributed by atoms with Crippen LogP contribution in [0, 0.1) is 0 Å². The molecule has 0 spiro atoms. The van der Waals surface area contributed by atoms with Crippen molar-refractivity contribution >= 4 is 23.1 Å². The van der Waals surface area contributed by atoms with Crippen molar-refractivity contribution in [2.75, 3.05) is 38.4 Å². The Bertz CT molecular complexity index is 337. The summed E-state index contributed by atoms with van der Waals surface area (Å²) in [5.74, 6) is 0.498. The Labute approximate surface area is 99.1 Å². The average Bonchev–Trinajstić information content (AvgIpc) is 2.29. The van der Waals surface area contributed by atoms with Crippen molar-refractivity contribution in [2.24, 2.45) is 0 Å². The molecule has 0 aliphatic heterocycles. The summed E-state index contributed by atoms with van der Waals surface area (Å²) in [7, 11) is 3.23. The fraction of sp³-hybridized carbons (Fsp3) is 0.556. The topological polar surface area (TPSA) is 82.3 Å². The van der Waals surface area contributed by atoms with E-state index in [2.05, 4.69) is 15.3 Å². The number of nitrogens with one attached hydrogen (secondary N) is 1. The minimum atomic E-state index is -0.0712. The van der Waals surface area contributed by atoms with E-state index in [0.717, 1.165) is 0 Å². The first-order valence-electron chi connectivity index (χ1n) is 4.70. The van der Waals surface area contributed by atoms with E-state index in [9.17, 15) is 0 Å². The number of nitrogens with zero attached hydrogens (tertiary/aromatic N) is 2. The normalized spacial score (nSPS) is 12.4. The molecule has 0 bridgehead atoms. The molecule has 0 radical (unpaired) electrons. The number of hydrogen-bond donors (Lipinski definition) is 2. The number of methoxy groups -OCH3 is 2. The molecule has 0 fully saturated rings. The van der Waals surface area contributed by atoms with Crippen molar-refractivity contribution in [3.63, 3.8) is 0 Å². The molecule has 6 nitrogen and oxygen atoms in total. The Hall–Kier alpha value is -1.11. The molecule has 1 atom stereocenters. The van der Waals surface area contributed by atoms with Crippen LogP contribution < -0.4 is 11.1 Å². The third-order valence-electron chi connectivity index (χ3n) is 2.02. The van der Waals surface area contributed by atoms with E-state index < -0.39 is 0 Å². The second-order valence-electron chi connectivity index (χ2n) is 3.12. The van der Waals surface area contributed by atoms with Crippen LogP contribution in [0.25, 0.3) is 0 Å². The van der Waals surface area contributed by atoms with Crippen molar-refractivity contribution in [3.8, 4) is 0 Å². The van der Waals surface area contributed by atoms with E-state index >= 15 is 0 Å². The zero-order valence-electron chi connectivity index (χ0n) is 9.24. The highest BCUT2D eigenvalue weighted by Gasteiger charge is 2.10. The van der Waals surface area contributed by atoms with Crippen LogP contribution in [-0.2, 0) is 9.47 Å². The summed E-state index contributed by atoms with van der Waals surface area (Å²) < 4.78 is 10.2.